The first-order valence-corrected chi connectivity index (χ1v) is 12.6. The van der Waals surface area contributed by atoms with Gasteiger partial charge < -0.3 is 4.90 Å². The quantitative estimate of drug-likeness (QED) is 0.520. The molecular formula is C20H25N5O2S3. The van der Waals surface area contributed by atoms with Crippen LogP contribution in [0.15, 0.2) is 40.6 Å². The number of benzene rings is 1. The van der Waals surface area contributed by atoms with Crippen LogP contribution in [0.25, 0.3) is 10.7 Å². The smallest absolute Gasteiger partial charge is 0.242 e. The summed E-state index contributed by atoms with van der Waals surface area (Å²) >= 11 is 7.36. The molecule has 0 N–H and O–H groups in total. The van der Waals surface area contributed by atoms with Crippen LogP contribution in [0.2, 0.25) is 0 Å². The highest BCUT2D eigenvalue weighted by atomic mass is 32.2. The summed E-state index contributed by atoms with van der Waals surface area (Å²) in [6.45, 7) is 4.25. The Kier molecular flexibility index (Phi) is 5.84. The summed E-state index contributed by atoms with van der Waals surface area (Å²) in [4.78, 5) is 3.66. The van der Waals surface area contributed by atoms with Crippen LogP contribution in [-0.4, -0.2) is 47.7 Å². The highest BCUT2D eigenvalue weighted by molar-refractivity contribution is 7.89. The third-order valence-corrected chi connectivity index (χ3v) is 8.44. The molecule has 0 radical (unpaired) electrons. The third kappa shape index (κ3) is 3.73. The van der Waals surface area contributed by atoms with Crippen molar-refractivity contribution in [3.63, 3.8) is 0 Å². The largest absolute Gasteiger partial charge is 0.352 e. The average Bonchev–Trinajstić information content (AvgIpc) is 3.36. The number of hydrogen-bond donors (Lipinski definition) is 0. The van der Waals surface area contributed by atoms with E-state index in [1.165, 1.54) is 4.31 Å². The molecule has 0 spiro atoms. The van der Waals surface area contributed by atoms with Crippen LogP contribution in [0.3, 0.4) is 0 Å². The van der Waals surface area contributed by atoms with Gasteiger partial charge >= 0.3 is 0 Å². The van der Waals surface area contributed by atoms with Gasteiger partial charge in [-0.15, -0.1) is 16.4 Å². The lowest BCUT2D eigenvalue weighted by atomic mass is 10.0. The van der Waals surface area contributed by atoms with E-state index in [4.69, 9.17) is 17.3 Å². The van der Waals surface area contributed by atoms with Gasteiger partial charge in [-0.1, -0.05) is 6.07 Å². The van der Waals surface area contributed by atoms with E-state index in [1.807, 2.05) is 22.2 Å². The van der Waals surface area contributed by atoms with Crippen LogP contribution in [0.1, 0.15) is 18.9 Å². The van der Waals surface area contributed by atoms with Crippen LogP contribution < -0.4 is 4.90 Å². The van der Waals surface area contributed by atoms with E-state index < -0.39 is 10.0 Å². The number of thiophene rings is 1. The van der Waals surface area contributed by atoms with Crippen molar-refractivity contribution in [2.45, 2.75) is 37.9 Å². The molecule has 160 valence electrons. The summed E-state index contributed by atoms with van der Waals surface area (Å²) < 4.78 is 30.9. The zero-order valence-electron chi connectivity index (χ0n) is 17.3. The van der Waals surface area contributed by atoms with E-state index in [2.05, 4.69) is 22.5 Å². The normalized spacial score (nSPS) is 14.3. The van der Waals surface area contributed by atoms with Crippen molar-refractivity contribution in [3.8, 4) is 10.7 Å². The summed E-state index contributed by atoms with van der Waals surface area (Å²) in [5, 5.41) is 6.85. The predicted octanol–water partition coefficient (Wildman–Crippen LogP) is 3.82. The van der Waals surface area contributed by atoms with Gasteiger partial charge in [0.05, 0.1) is 9.77 Å². The van der Waals surface area contributed by atoms with Gasteiger partial charge in [0.25, 0.3) is 0 Å². The molecule has 30 heavy (non-hydrogen) atoms. The van der Waals surface area contributed by atoms with Gasteiger partial charge in [0.1, 0.15) is 6.67 Å². The maximum atomic E-state index is 12.5. The molecule has 0 unspecified atom stereocenters. The van der Waals surface area contributed by atoms with Gasteiger partial charge in [0.15, 0.2) is 10.6 Å². The number of nitrogens with zero attached hydrogens (tertiary/aromatic N) is 5. The summed E-state index contributed by atoms with van der Waals surface area (Å²) in [6, 6.07) is 9.47. The van der Waals surface area contributed by atoms with Crippen molar-refractivity contribution in [1.82, 2.24) is 18.7 Å². The van der Waals surface area contributed by atoms with Crippen LogP contribution in [0.4, 0.5) is 5.69 Å². The van der Waals surface area contributed by atoms with Crippen LogP contribution >= 0.6 is 23.6 Å². The maximum Gasteiger partial charge on any atom is 0.242 e. The molecule has 0 fully saturated rings. The van der Waals surface area contributed by atoms with Gasteiger partial charge in [-0.25, -0.2) is 17.4 Å². The predicted molar refractivity (Wildman–Crippen MR) is 123 cm³/mol. The van der Waals surface area contributed by atoms with Crippen molar-refractivity contribution in [1.29, 1.82) is 0 Å². The zero-order chi connectivity index (χ0) is 21.5. The minimum absolute atomic E-state index is 0.333. The van der Waals surface area contributed by atoms with Gasteiger partial charge in [-0.3, -0.25) is 4.57 Å². The molecule has 0 amide bonds. The molecule has 7 nitrogen and oxygen atoms in total. The number of aromatic nitrogens is 3. The Morgan fingerprint density at radius 3 is 2.73 bits per heavy atom. The highest BCUT2D eigenvalue weighted by Gasteiger charge is 2.23. The number of aryl methyl sites for hydroxylation is 1. The lowest BCUT2D eigenvalue weighted by Gasteiger charge is -2.31. The number of sulfonamides is 1. The number of anilines is 1. The molecular weight excluding hydrogens is 438 g/mol. The Morgan fingerprint density at radius 1 is 1.27 bits per heavy atom. The molecule has 0 saturated carbocycles. The van der Waals surface area contributed by atoms with Crippen molar-refractivity contribution >= 4 is 39.3 Å². The topological polar surface area (TPSA) is 63.4 Å². The Labute approximate surface area is 186 Å². The summed E-state index contributed by atoms with van der Waals surface area (Å²) in [5.74, 6) is 0.891. The lowest BCUT2D eigenvalue weighted by Crippen LogP contribution is -2.32. The van der Waals surface area contributed by atoms with E-state index in [9.17, 15) is 8.42 Å². The zero-order valence-corrected chi connectivity index (χ0v) is 19.7. The molecule has 3 aromatic rings. The first-order valence-electron chi connectivity index (χ1n) is 9.85. The lowest BCUT2D eigenvalue weighted by molar-refractivity contribution is 0.519. The molecule has 4 rings (SSSR count). The Hall–Kier alpha value is -2.01. The monoisotopic (exact) mass is 463 g/mol. The van der Waals surface area contributed by atoms with E-state index in [-0.39, 0.29) is 0 Å². The average molecular weight is 464 g/mol. The first-order chi connectivity index (χ1) is 14.3. The van der Waals surface area contributed by atoms with E-state index in [0.717, 1.165) is 47.9 Å². The van der Waals surface area contributed by atoms with Crippen molar-refractivity contribution in [2.24, 2.45) is 0 Å². The second-order valence-electron chi connectivity index (χ2n) is 7.41. The fourth-order valence-corrected chi connectivity index (χ4v) is 5.72. The van der Waals surface area contributed by atoms with E-state index in [0.29, 0.717) is 16.3 Å². The molecule has 10 heteroatoms. The SMILES string of the molecule is CCn1c(-c2cccs2)nn(CN2CCCc3cc(S(=O)(=O)N(C)C)ccc32)c1=S. The molecule has 0 bridgehead atoms. The molecule has 1 aromatic carbocycles. The number of rotatable bonds is 6. The minimum atomic E-state index is -3.45. The molecule has 0 aliphatic carbocycles. The minimum Gasteiger partial charge on any atom is -0.352 e. The molecule has 3 heterocycles. The maximum absolute atomic E-state index is 12.5. The van der Waals surface area contributed by atoms with Crippen molar-refractivity contribution in [3.05, 3.63) is 46.0 Å². The fourth-order valence-electron chi connectivity index (χ4n) is 3.74. The molecule has 2 aromatic heterocycles. The number of hydrogen-bond acceptors (Lipinski definition) is 6. The highest BCUT2D eigenvalue weighted by Crippen LogP contribution is 2.31. The molecule has 0 atom stereocenters. The van der Waals surface area contributed by atoms with E-state index in [1.54, 1.807) is 37.6 Å². The van der Waals surface area contributed by atoms with Gasteiger partial charge in [-0.2, -0.15) is 0 Å². The summed E-state index contributed by atoms with van der Waals surface area (Å²) in [5.41, 5.74) is 2.09. The summed E-state index contributed by atoms with van der Waals surface area (Å²) in [7, 11) is -0.339. The van der Waals surface area contributed by atoms with Gasteiger partial charge in [-0.05, 0) is 67.2 Å². The molecule has 0 saturated heterocycles. The Bertz CT molecular complexity index is 1210. The van der Waals surface area contributed by atoms with E-state index >= 15 is 0 Å². The van der Waals surface area contributed by atoms with Crippen LogP contribution in [0, 0.1) is 4.77 Å². The van der Waals surface area contributed by atoms with Gasteiger partial charge in [0.2, 0.25) is 10.0 Å². The second-order valence-corrected chi connectivity index (χ2v) is 10.9. The second kappa shape index (κ2) is 8.26. The van der Waals surface area contributed by atoms with Crippen LogP contribution in [0.5, 0.6) is 0 Å². The molecule has 1 aliphatic heterocycles. The fraction of sp³-hybridized carbons (Fsp3) is 0.400. The van der Waals surface area contributed by atoms with Crippen molar-refractivity contribution in [2.75, 3.05) is 25.5 Å². The first kappa shape index (κ1) is 21.2. The van der Waals surface area contributed by atoms with Crippen LogP contribution in [-0.2, 0) is 29.7 Å². The standard InChI is InChI=1S/C20H25N5O2S3/c1-4-24-19(18-8-6-12-29-18)21-25(20(24)28)14-23-11-5-7-15-13-16(9-10-17(15)23)30(26,27)22(2)3/h6,8-10,12-13H,4-5,7,11,14H2,1-3H3. The Balaban J connectivity index is 1.68. The Morgan fingerprint density at radius 2 is 2.07 bits per heavy atom. The number of fused-ring (bicyclic) bond motifs is 1. The molecule has 1 aliphatic rings. The van der Waals surface area contributed by atoms with Gasteiger partial charge in [0, 0.05) is 32.9 Å². The summed E-state index contributed by atoms with van der Waals surface area (Å²) in [6.07, 6.45) is 1.82. The third-order valence-electron chi connectivity index (χ3n) is 5.33. The van der Waals surface area contributed by atoms with Crippen molar-refractivity contribution < 1.29 is 8.42 Å².